The van der Waals surface area contributed by atoms with Crippen LogP contribution in [0.25, 0.3) is 0 Å². The van der Waals surface area contributed by atoms with Gasteiger partial charge in [0.25, 0.3) is 0 Å². The van der Waals surface area contributed by atoms with E-state index in [2.05, 4.69) is 15.6 Å². The van der Waals surface area contributed by atoms with Gasteiger partial charge in [0.2, 0.25) is 0 Å². The number of urea groups is 1. The van der Waals surface area contributed by atoms with Crippen molar-refractivity contribution in [2.75, 3.05) is 0 Å². The second-order valence-corrected chi connectivity index (χ2v) is 8.94. The van der Waals surface area contributed by atoms with Gasteiger partial charge in [0, 0.05) is 18.7 Å². The quantitative estimate of drug-likeness (QED) is 0.458. The number of aryl methyl sites for hydroxylation is 1. The van der Waals surface area contributed by atoms with Crippen LogP contribution in [0, 0.1) is 6.92 Å². The Morgan fingerprint density at radius 3 is 2.35 bits per heavy atom. The number of nitrogens with one attached hydrogen (secondary N) is 2. The SMILES string of the molecule is Cc1ccnc(C(Cc2ccccc2)(NC(=O)NC2CCCC2)c2cccc(C(F)(F)F)c2)c1. The first-order valence-electron chi connectivity index (χ1n) is 11.5. The van der Waals surface area contributed by atoms with E-state index in [-0.39, 0.29) is 12.5 Å². The van der Waals surface area contributed by atoms with E-state index in [1.165, 1.54) is 6.07 Å². The molecule has 34 heavy (non-hydrogen) atoms. The molecule has 1 aliphatic rings. The molecule has 1 aromatic heterocycles. The van der Waals surface area contributed by atoms with Gasteiger partial charge in [-0.2, -0.15) is 13.2 Å². The molecule has 178 valence electrons. The monoisotopic (exact) mass is 467 g/mol. The number of hydrogen-bond acceptors (Lipinski definition) is 2. The van der Waals surface area contributed by atoms with E-state index < -0.39 is 23.3 Å². The zero-order valence-electron chi connectivity index (χ0n) is 19.0. The van der Waals surface area contributed by atoms with Gasteiger partial charge in [-0.1, -0.05) is 55.3 Å². The summed E-state index contributed by atoms with van der Waals surface area (Å²) in [6.07, 6.45) is 1.23. The number of alkyl halides is 3. The van der Waals surface area contributed by atoms with Crippen LogP contribution in [-0.4, -0.2) is 17.1 Å². The lowest BCUT2D eigenvalue weighted by Gasteiger charge is -2.36. The predicted molar refractivity (Wildman–Crippen MR) is 125 cm³/mol. The number of rotatable bonds is 6. The number of hydrogen-bond donors (Lipinski definition) is 2. The summed E-state index contributed by atoms with van der Waals surface area (Å²) in [5.74, 6) is 0. The fourth-order valence-corrected chi connectivity index (χ4v) is 4.64. The van der Waals surface area contributed by atoms with Crippen LogP contribution in [0.4, 0.5) is 18.0 Å². The van der Waals surface area contributed by atoms with Crippen LogP contribution in [0.3, 0.4) is 0 Å². The third kappa shape index (κ3) is 5.41. The molecular weight excluding hydrogens is 439 g/mol. The lowest BCUT2D eigenvalue weighted by Crippen LogP contribution is -2.54. The van der Waals surface area contributed by atoms with E-state index in [0.29, 0.717) is 11.3 Å². The first kappa shape index (κ1) is 23.8. The minimum atomic E-state index is -4.51. The van der Waals surface area contributed by atoms with Crippen molar-refractivity contribution in [2.24, 2.45) is 0 Å². The number of amides is 2. The molecule has 1 aliphatic carbocycles. The van der Waals surface area contributed by atoms with Crippen LogP contribution < -0.4 is 10.6 Å². The third-order valence-electron chi connectivity index (χ3n) is 6.36. The molecule has 4 nitrogen and oxygen atoms in total. The van der Waals surface area contributed by atoms with Crippen LogP contribution in [0.2, 0.25) is 0 Å². The number of aromatic nitrogens is 1. The average Bonchev–Trinajstić information content (AvgIpc) is 3.32. The summed E-state index contributed by atoms with van der Waals surface area (Å²) < 4.78 is 41.0. The molecule has 2 N–H and O–H groups in total. The normalized spacial score (nSPS) is 16.1. The van der Waals surface area contributed by atoms with Crippen LogP contribution in [0.15, 0.2) is 72.9 Å². The maximum Gasteiger partial charge on any atom is 0.416 e. The van der Waals surface area contributed by atoms with Crippen molar-refractivity contribution in [1.29, 1.82) is 0 Å². The van der Waals surface area contributed by atoms with Crippen LogP contribution in [-0.2, 0) is 18.1 Å². The number of nitrogens with zero attached hydrogens (tertiary/aromatic N) is 1. The highest BCUT2D eigenvalue weighted by atomic mass is 19.4. The van der Waals surface area contributed by atoms with Gasteiger partial charge < -0.3 is 10.6 Å². The molecule has 4 rings (SSSR count). The van der Waals surface area contributed by atoms with Crippen molar-refractivity contribution >= 4 is 6.03 Å². The second-order valence-electron chi connectivity index (χ2n) is 8.94. The molecule has 7 heteroatoms. The second kappa shape index (κ2) is 9.87. The summed E-state index contributed by atoms with van der Waals surface area (Å²) in [6, 6.07) is 17.8. The van der Waals surface area contributed by atoms with Gasteiger partial charge in [0.15, 0.2) is 0 Å². The van der Waals surface area contributed by atoms with E-state index in [9.17, 15) is 18.0 Å². The summed E-state index contributed by atoms with van der Waals surface area (Å²) in [6.45, 7) is 1.89. The molecule has 0 aliphatic heterocycles. The van der Waals surface area contributed by atoms with Crippen molar-refractivity contribution < 1.29 is 18.0 Å². The van der Waals surface area contributed by atoms with Crippen LogP contribution in [0.1, 0.15) is 53.6 Å². The molecule has 3 aromatic rings. The van der Waals surface area contributed by atoms with Crippen molar-refractivity contribution in [3.8, 4) is 0 Å². The fraction of sp³-hybridized carbons (Fsp3) is 0.333. The van der Waals surface area contributed by atoms with Crippen molar-refractivity contribution in [3.63, 3.8) is 0 Å². The minimum Gasteiger partial charge on any atom is -0.335 e. The molecule has 0 saturated heterocycles. The summed E-state index contributed by atoms with van der Waals surface area (Å²) in [7, 11) is 0. The largest absolute Gasteiger partial charge is 0.416 e. The fourth-order valence-electron chi connectivity index (χ4n) is 4.64. The molecule has 1 fully saturated rings. The molecule has 2 amide bonds. The number of carbonyl (C=O) groups is 1. The highest BCUT2D eigenvalue weighted by molar-refractivity contribution is 5.76. The summed E-state index contributed by atoms with van der Waals surface area (Å²) >= 11 is 0. The molecule has 1 heterocycles. The number of pyridine rings is 1. The first-order valence-corrected chi connectivity index (χ1v) is 11.5. The van der Waals surface area contributed by atoms with Gasteiger partial charge >= 0.3 is 12.2 Å². The van der Waals surface area contributed by atoms with E-state index in [4.69, 9.17) is 0 Å². The van der Waals surface area contributed by atoms with E-state index in [1.807, 2.05) is 49.4 Å². The zero-order chi connectivity index (χ0) is 24.2. The van der Waals surface area contributed by atoms with Crippen molar-refractivity contribution in [1.82, 2.24) is 15.6 Å². The van der Waals surface area contributed by atoms with Gasteiger partial charge in [0.1, 0.15) is 5.54 Å². The maximum atomic E-state index is 13.7. The molecule has 1 saturated carbocycles. The Bertz CT molecular complexity index is 1130. The van der Waals surface area contributed by atoms with E-state index in [0.717, 1.165) is 48.9 Å². The lowest BCUT2D eigenvalue weighted by atomic mass is 9.79. The molecule has 1 atom stereocenters. The van der Waals surface area contributed by atoms with Crippen LogP contribution >= 0.6 is 0 Å². The van der Waals surface area contributed by atoms with Gasteiger partial charge in [-0.05, 0) is 60.7 Å². The summed E-state index contributed by atoms with van der Waals surface area (Å²) in [5.41, 5.74) is 0.491. The Kier molecular flexibility index (Phi) is 6.91. The third-order valence-corrected chi connectivity index (χ3v) is 6.36. The standard InChI is InChI=1S/C27H28F3N3O/c1-19-14-15-31-24(16-19)26(18-20-8-3-2-4-9-20,33-25(34)32-23-12-5-6-13-23)21-10-7-11-22(17-21)27(28,29)30/h2-4,7-11,14-17,23H,5-6,12-13,18H2,1H3,(H2,32,33,34). The highest BCUT2D eigenvalue weighted by Gasteiger charge is 2.40. The molecule has 0 spiro atoms. The molecule has 0 radical (unpaired) electrons. The van der Waals surface area contributed by atoms with E-state index >= 15 is 0 Å². The van der Waals surface area contributed by atoms with E-state index in [1.54, 1.807) is 12.3 Å². The van der Waals surface area contributed by atoms with Crippen molar-refractivity contribution in [3.05, 3.63) is 101 Å². The van der Waals surface area contributed by atoms with Crippen LogP contribution in [0.5, 0.6) is 0 Å². The first-order chi connectivity index (χ1) is 16.3. The zero-order valence-corrected chi connectivity index (χ0v) is 19.0. The Morgan fingerprint density at radius 2 is 1.68 bits per heavy atom. The van der Waals surface area contributed by atoms with Gasteiger partial charge in [-0.15, -0.1) is 0 Å². The molecular formula is C27H28F3N3O. The smallest absolute Gasteiger partial charge is 0.335 e. The number of benzene rings is 2. The number of halogens is 3. The molecule has 0 bridgehead atoms. The molecule has 1 unspecified atom stereocenters. The van der Waals surface area contributed by atoms with Gasteiger partial charge in [-0.3, -0.25) is 4.98 Å². The molecule has 2 aromatic carbocycles. The topological polar surface area (TPSA) is 54.0 Å². The lowest BCUT2D eigenvalue weighted by molar-refractivity contribution is -0.137. The Morgan fingerprint density at radius 1 is 0.971 bits per heavy atom. The Labute approximate surface area is 197 Å². The van der Waals surface area contributed by atoms with Crippen molar-refractivity contribution in [2.45, 2.75) is 56.8 Å². The average molecular weight is 468 g/mol. The Hall–Kier alpha value is -3.35. The summed E-state index contributed by atoms with van der Waals surface area (Å²) in [5, 5.41) is 6.08. The Balaban J connectivity index is 1.86. The predicted octanol–water partition coefficient (Wildman–Crippen LogP) is 6.14. The number of carbonyl (C=O) groups excluding carboxylic acids is 1. The highest BCUT2D eigenvalue weighted by Crippen LogP contribution is 2.37. The minimum absolute atomic E-state index is 0.0569. The van der Waals surface area contributed by atoms with Gasteiger partial charge in [-0.25, -0.2) is 4.79 Å². The maximum absolute atomic E-state index is 13.7. The summed E-state index contributed by atoms with van der Waals surface area (Å²) in [4.78, 5) is 17.8. The van der Waals surface area contributed by atoms with Gasteiger partial charge in [0.05, 0.1) is 11.3 Å².